The number of H-pyrrole nitrogens is 1. The van der Waals surface area contributed by atoms with Gasteiger partial charge in [-0.05, 0) is 44.7 Å². The number of aromatic amines is 1. The van der Waals surface area contributed by atoms with Gasteiger partial charge in [-0.25, -0.2) is 14.4 Å². The molecule has 3 aromatic rings. The van der Waals surface area contributed by atoms with Crippen molar-refractivity contribution in [2.24, 2.45) is 5.92 Å². The number of nitrogens with zero attached hydrogens (tertiary/aromatic N) is 2. The third-order valence-electron chi connectivity index (χ3n) is 6.45. The molecule has 3 heterocycles. The molecule has 4 N–H and O–H groups in total. The summed E-state index contributed by atoms with van der Waals surface area (Å²) < 4.78 is 25.7. The Kier molecular flexibility index (Phi) is 7.44. The minimum atomic E-state index is -0.661. The van der Waals surface area contributed by atoms with Crippen LogP contribution in [-0.2, 0) is 0 Å². The van der Waals surface area contributed by atoms with E-state index in [1.165, 1.54) is 19.5 Å². The second-order valence-electron chi connectivity index (χ2n) is 8.95. The molecular weight excluding hydrogens is 477 g/mol. The quantitative estimate of drug-likeness (QED) is 0.389. The number of fused-ring (bicyclic) bond motifs is 1. The number of carbonyl (C=O) groups is 1. The van der Waals surface area contributed by atoms with Crippen molar-refractivity contribution in [1.82, 2.24) is 25.6 Å². The zero-order chi connectivity index (χ0) is 23.8. The number of β-amino-alcohol motifs (C(OH)–C–C–N with tert-alkyl or cyclic N) is 1. The topological polar surface area (TPSA) is 121 Å². The van der Waals surface area contributed by atoms with E-state index in [1.807, 2.05) is 0 Å². The molecule has 0 radical (unpaired) electrons. The number of aliphatic hydroxyl groups excluding tert-OH is 1. The van der Waals surface area contributed by atoms with Crippen LogP contribution in [0.3, 0.4) is 0 Å². The van der Waals surface area contributed by atoms with Gasteiger partial charge in [-0.2, -0.15) is 0 Å². The summed E-state index contributed by atoms with van der Waals surface area (Å²) in [5.74, 6) is 0.0756. The first kappa shape index (κ1) is 25.2. The maximum atomic E-state index is 14.5. The first-order valence-electron chi connectivity index (χ1n) is 11.5. The van der Waals surface area contributed by atoms with Gasteiger partial charge >= 0.3 is 0 Å². The lowest BCUT2D eigenvalue weighted by Crippen LogP contribution is -2.52. The molecule has 35 heavy (non-hydrogen) atoms. The molecule has 2 aliphatic rings. The minimum Gasteiger partial charge on any atom is -0.494 e. The molecule has 2 atom stereocenters. The van der Waals surface area contributed by atoms with Crippen molar-refractivity contribution < 1.29 is 23.8 Å². The van der Waals surface area contributed by atoms with Crippen LogP contribution < -0.4 is 20.1 Å². The van der Waals surface area contributed by atoms with Gasteiger partial charge in [-0.3, -0.25) is 4.79 Å². The van der Waals surface area contributed by atoms with Crippen LogP contribution in [0.5, 0.6) is 11.5 Å². The summed E-state index contributed by atoms with van der Waals surface area (Å²) in [7, 11) is 1.40. The van der Waals surface area contributed by atoms with E-state index in [0.29, 0.717) is 64.8 Å². The zero-order valence-electron chi connectivity index (χ0n) is 19.6. The number of amides is 1. The Hall–Kier alpha value is -2.95. The molecule has 2 fully saturated rings. The molecule has 1 amide bonds. The van der Waals surface area contributed by atoms with Crippen LogP contribution in [0.1, 0.15) is 35.3 Å². The lowest BCUT2D eigenvalue weighted by atomic mass is 10.0. The standard InChI is InChI=1S/C24H28FN5O4.ClH/c1-12-20(24(32)30-16-5-6-26-9-17(16)31)22-23(29-12)21(27-11-28-22)14-7-19(33-2)15(25)8-18(14)34-10-13-3-4-13;/h7-8,11,13,16-17,26,29,31H,3-6,9-10H2,1-2H3,(H,30,32);1H/t16-,17+;/m1./s1. The predicted octanol–water partition coefficient (Wildman–Crippen LogP) is 2.74. The van der Waals surface area contributed by atoms with Crippen molar-refractivity contribution in [2.75, 3.05) is 26.8 Å². The highest BCUT2D eigenvalue weighted by atomic mass is 35.5. The van der Waals surface area contributed by atoms with Gasteiger partial charge in [0.15, 0.2) is 11.6 Å². The lowest BCUT2D eigenvalue weighted by Gasteiger charge is -2.29. The summed E-state index contributed by atoms with van der Waals surface area (Å²) in [5, 5.41) is 16.3. The first-order chi connectivity index (χ1) is 16.5. The van der Waals surface area contributed by atoms with Crippen molar-refractivity contribution in [3.63, 3.8) is 0 Å². The summed E-state index contributed by atoms with van der Waals surface area (Å²) >= 11 is 0. The highest BCUT2D eigenvalue weighted by Gasteiger charge is 2.29. The molecule has 9 nitrogen and oxygen atoms in total. The molecule has 5 rings (SSSR count). The SMILES string of the molecule is COc1cc(-c2ncnc3c(C(=O)N[C@@H]4CCNC[C@@H]4O)c(C)[nH]c23)c(OCC2CC2)cc1F.Cl. The number of aliphatic hydroxyl groups is 1. The average Bonchev–Trinajstić information content (AvgIpc) is 3.59. The largest absolute Gasteiger partial charge is 0.494 e. The van der Waals surface area contributed by atoms with E-state index in [1.54, 1.807) is 13.0 Å². The Labute approximate surface area is 208 Å². The lowest BCUT2D eigenvalue weighted by molar-refractivity contribution is 0.0766. The fourth-order valence-electron chi connectivity index (χ4n) is 4.34. The Balaban J connectivity index is 0.00000289. The van der Waals surface area contributed by atoms with Gasteiger partial charge in [0.25, 0.3) is 5.91 Å². The molecule has 188 valence electrons. The number of halogens is 2. The highest BCUT2D eigenvalue weighted by molar-refractivity contribution is 6.09. The summed E-state index contributed by atoms with van der Waals surface area (Å²) in [6.07, 6.45) is 3.55. The molecule has 11 heteroatoms. The number of aryl methyl sites for hydroxylation is 1. The van der Waals surface area contributed by atoms with Gasteiger partial charge in [0.1, 0.15) is 23.3 Å². The summed E-state index contributed by atoms with van der Waals surface area (Å²) in [6, 6.07) is 2.52. The van der Waals surface area contributed by atoms with Crippen LogP contribution in [-0.4, -0.2) is 64.9 Å². The number of hydrogen-bond donors (Lipinski definition) is 4. The molecule has 0 spiro atoms. The normalized spacial score (nSPS) is 19.8. The van der Waals surface area contributed by atoms with Gasteiger partial charge in [-0.1, -0.05) is 0 Å². The number of methoxy groups -OCH3 is 1. The average molecular weight is 506 g/mol. The van der Waals surface area contributed by atoms with E-state index >= 15 is 0 Å². The molecule has 1 saturated carbocycles. The Morgan fingerprint density at radius 1 is 1.26 bits per heavy atom. The second kappa shape index (κ2) is 10.3. The third kappa shape index (κ3) is 5.05. The molecule has 1 aliphatic carbocycles. The first-order valence-corrected chi connectivity index (χ1v) is 11.5. The molecule has 1 aliphatic heterocycles. The molecule has 0 unspecified atom stereocenters. The molecule has 1 saturated heterocycles. The van der Waals surface area contributed by atoms with E-state index in [-0.39, 0.29) is 30.1 Å². The van der Waals surface area contributed by atoms with Gasteiger partial charge in [0, 0.05) is 23.9 Å². The maximum Gasteiger partial charge on any atom is 0.255 e. The van der Waals surface area contributed by atoms with Crippen molar-refractivity contribution >= 4 is 29.3 Å². The van der Waals surface area contributed by atoms with Crippen LogP contribution >= 0.6 is 12.4 Å². The number of rotatable bonds is 7. The van der Waals surface area contributed by atoms with Crippen LogP contribution in [0.4, 0.5) is 4.39 Å². The number of carbonyl (C=O) groups excluding carboxylic acids is 1. The van der Waals surface area contributed by atoms with Gasteiger partial charge < -0.3 is 30.2 Å². The second-order valence-corrected chi connectivity index (χ2v) is 8.95. The maximum absolute atomic E-state index is 14.5. The third-order valence-corrected chi connectivity index (χ3v) is 6.45. The fourth-order valence-corrected chi connectivity index (χ4v) is 4.34. The summed E-state index contributed by atoms with van der Waals surface area (Å²) in [4.78, 5) is 25.2. The number of ether oxygens (including phenoxy) is 2. The molecule has 0 bridgehead atoms. The van der Waals surface area contributed by atoms with Crippen LogP contribution in [0, 0.1) is 18.7 Å². The van der Waals surface area contributed by atoms with Crippen molar-refractivity contribution in [2.45, 2.75) is 38.3 Å². The van der Waals surface area contributed by atoms with E-state index in [9.17, 15) is 14.3 Å². The number of hydrogen-bond acceptors (Lipinski definition) is 7. The van der Waals surface area contributed by atoms with E-state index < -0.39 is 11.9 Å². The van der Waals surface area contributed by atoms with Gasteiger partial charge in [0.05, 0.1) is 36.9 Å². The Morgan fingerprint density at radius 3 is 2.77 bits per heavy atom. The van der Waals surface area contributed by atoms with E-state index in [2.05, 4.69) is 25.6 Å². The Bertz CT molecular complexity index is 1230. The predicted molar refractivity (Wildman–Crippen MR) is 131 cm³/mol. The molecular formula is C24H29ClFN5O4. The van der Waals surface area contributed by atoms with Crippen molar-refractivity contribution in [3.05, 3.63) is 35.5 Å². The number of nitrogens with one attached hydrogen (secondary N) is 3. The fraction of sp³-hybridized carbons (Fsp3) is 0.458. The van der Waals surface area contributed by atoms with Crippen molar-refractivity contribution in [3.8, 4) is 22.8 Å². The number of aromatic nitrogens is 3. The monoisotopic (exact) mass is 505 g/mol. The molecule has 2 aromatic heterocycles. The van der Waals surface area contributed by atoms with Gasteiger partial charge in [0.2, 0.25) is 0 Å². The van der Waals surface area contributed by atoms with Crippen LogP contribution in [0.25, 0.3) is 22.3 Å². The number of benzene rings is 1. The van der Waals surface area contributed by atoms with Crippen molar-refractivity contribution in [1.29, 1.82) is 0 Å². The van der Waals surface area contributed by atoms with E-state index in [4.69, 9.17) is 9.47 Å². The Morgan fingerprint density at radius 2 is 2.06 bits per heavy atom. The number of piperidine rings is 1. The van der Waals surface area contributed by atoms with Crippen LogP contribution in [0.2, 0.25) is 0 Å². The minimum absolute atomic E-state index is 0. The van der Waals surface area contributed by atoms with Crippen LogP contribution in [0.15, 0.2) is 18.5 Å². The molecule has 1 aromatic carbocycles. The summed E-state index contributed by atoms with van der Waals surface area (Å²) in [5.41, 5.74) is 3.03. The van der Waals surface area contributed by atoms with E-state index in [0.717, 1.165) is 19.4 Å². The van der Waals surface area contributed by atoms with Gasteiger partial charge in [-0.15, -0.1) is 12.4 Å². The smallest absolute Gasteiger partial charge is 0.255 e. The highest BCUT2D eigenvalue weighted by Crippen LogP contribution is 2.39. The zero-order valence-corrected chi connectivity index (χ0v) is 20.4. The summed E-state index contributed by atoms with van der Waals surface area (Å²) in [6.45, 7) is 3.44.